The Balaban J connectivity index is 1.89. The summed E-state index contributed by atoms with van der Waals surface area (Å²) in [6, 6.07) is -0.546. The van der Waals surface area contributed by atoms with Crippen molar-refractivity contribution in [3.05, 3.63) is 0 Å². The fourth-order valence-electron chi connectivity index (χ4n) is 2.72. The number of nitrogens with one attached hydrogen (secondary N) is 1. The smallest absolute Gasteiger partial charge is 0.317 e. The van der Waals surface area contributed by atoms with E-state index in [1.54, 1.807) is 4.90 Å². The molecule has 2 aliphatic rings. The third-order valence-electron chi connectivity index (χ3n) is 3.87. The first kappa shape index (κ1) is 15.4. The van der Waals surface area contributed by atoms with Gasteiger partial charge in [-0.25, -0.2) is 4.79 Å². The average molecular weight is 302 g/mol. The van der Waals surface area contributed by atoms with Gasteiger partial charge in [-0.05, 0) is 25.5 Å². The lowest BCUT2D eigenvalue weighted by Gasteiger charge is -2.29. The van der Waals surface area contributed by atoms with Crippen LogP contribution in [-0.4, -0.2) is 65.4 Å². The fourth-order valence-corrected chi connectivity index (χ4v) is 3.92. The Bertz CT molecular complexity index is 360. The molecular weight excluding hydrogens is 280 g/mol. The number of ether oxygens (including phenoxy) is 1. The third-order valence-corrected chi connectivity index (χ3v) is 5.27. The maximum absolute atomic E-state index is 12.2. The second kappa shape index (κ2) is 7.17. The van der Waals surface area contributed by atoms with Crippen LogP contribution in [0.25, 0.3) is 0 Å². The lowest BCUT2D eigenvalue weighted by Crippen LogP contribution is -2.51. The van der Waals surface area contributed by atoms with E-state index in [0.29, 0.717) is 24.9 Å². The van der Waals surface area contributed by atoms with Crippen LogP contribution in [0.5, 0.6) is 0 Å². The molecule has 2 rings (SSSR count). The number of amides is 2. The molecule has 0 aliphatic carbocycles. The summed E-state index contributed by atoms with van der Waals surface area (Å²) in [5.74, 6) is -0.359. The number of carboxylic acid groups (broad SMARTS) is 1. The summed E-state index contributed by atoms with van der Waals surface area (Å²) in [7, 11) is 0. The van der Waals surface area contributed by atoms with Gasteiger partial charge in [-0.3, -0.25) is 4.79 Å². The number of hydrogen-bond acceptors (Lipinski definition) is 4. The molecule has 2 N–H and O–H groups in total. The van der Waals surface area contributed by atoms with Crippen LogP contribution < -0.4 is 5.32 Å². The lowest BCUT2D eigenvalue weighted by atomic mass is 10.0. The first-order valence-corrected chi connectivity index (χ1v) is 8.15. The first-order chi connectivity index (χ1) is 9.63. The van der Waals surface area contributed by atoms with Crippen LogP contribution in [0.3, 0.4) is 0 Å². The van der Waals surface area contributed by atoms with E-state index in [1.165, 1.54) is 6.42 Å². The number of hydrogen-bond donors (Lipinski definition) is 2. The zero-order valence-electron chi connectivity index (χ0n) is 11.7. The highest BCUT2D eigenvalue weighted by Gasteiger charge is 2.39. The number of rotatable bonds is 5. The molecule has 2 amide bonds. The molecule has 20 heavy (non-hydrogen) atoms. The van der Waals surface area contributed by atoms with Gasteiger partial charge in [0.05, 0.1) is 19.3 Å². The van der Waals surface area contributed by atoms with Gasteiger partial charge in [0.25, 0.3) is 0 Å². The SMILES string of the molecule is CCN(C(=O)NCC1CCCS1)C1COCC1C(=O)O. The number of nitrogens with zero attached hydrogens (tertiary/aromatic N) is 1. The van der Waals surface area contributed by atoms with E-state index in [2.05, 4.69) is 5.32 Å². The topological polar surface area (TPSA) is 78.9 Å². The molecular formula is C13H22N2O4S. The zero-order valence-corrected chi connectivity index (χ0v) is 12.5. The average Bonchev–Trinajstić information content (AvgIpc) is 3.08. The highest BCUT2D eigenvalue weighted by atomic mass is 32.2. The molecule has 0 aromatic rings. The molecule has 2 fully saturated rings. The summed E-state index contributed by atoms with van der Waals surface area (Å²) in [4.78, 5) is 25.0. The van der Waals surface area contributed by atoms with Crippen molar-refractivity contribution in [2.45, 2.75) is 31.1 Å². The van der Waals surface area contributed by atoms with Crippen LogP contribution >= 0.6 is 11.8 Å². The second-order valence-corrected chi connectivity index (χ2v) is 6.56. The van der Waals surface area contributed by atoms with E-state index < -0.39 is 11.9 Å². The molecule has 3 unspecified atom stereocenters. The van der Waals surface area contributed by atoms with Crippen molar-refractivity contribution >= 4 is 23.8 Å². The minimum Gasteiger partial charge on any atom is -0.481 e. The molecule has 3 atom stereocenters. The number of carboxylic acids is 1. The summed E-state index contributed by atoms with van der Waals surface area (Å²) in [6.45, 7) is 3.49. The van der Waals surface area contributed by atoms with E-state index in [-0.39, 0.29) is 18.7 Å². The maximum Gasteiger partial charge on any atom is 0.317 e. The molecule has 0 saturated carbocycles. The normalized spacial score (nSPS) is 29.4. The van der Waals surface area contributed by atoms with Gasteiger partial charge in [0.15, 0.2) is 0 Å². The van der Waals surface area contributed by atoms with Gasteiger partial charge in [-0.1, -0.05) is 0 Å². The van der Waals surface area contributed by atoms with Gasteiger partial charge in [0.2, 0.25) is 0 Å². The summed E-state index contributed by atoms with van der Waals surface area (Å²) < 4.78 is 5.24. The van der Waals surface area contributed by atoms with Crippen molar-refractivity contribution in [2.24, 2.45) is 5.92 Å². The summed E-state index contributed by atoms with van der Waals surface area (Å²) in [5, 5.41) is 12.6. The predicted octanol–water partition coefficient (Wildman–Crippen LogP) is 1.01. The van der Waals surface area contributed by atoms with Crippen LogP contribution in [0.2, 0.25) is 0 Å². The standard InChI is InChI=1S/C13H22N2O4S/c1-2-15(11-8-19-7-10(11)12(16)17)13(18)14-6-9-4-3-5-20-9/h9-11H,2-8H2,1H3,(H,14,18)(H,16,17). The Labute approximate surface area is 123 Å². The Kier molecular flexibility index (Phi) is 5.54. The van der Waals surface area contributed by atoms with Gasteiger partial charge >= 0.3 is 12.0 Å². The fraction of sp³-hybridized carbons (Fsp3) is 0.846. The molecule has 114 valence electrons. The largest absolute Gasteiger partial charge is 0.481 e. The Hall–Kier alpha value is -0.950. The van der Waals surface area contributed by atoms with Crippen molar-refractivity contribution in [2.75, 3.05) is 32.1 Å². The van der Waals surface area contributed by atoms with Gasteiger partial charge in [-0.2, -0.15) is 11.8 Å². The molecule has 0 aromatic heterocycles. The number of carbonyl (C=O) groups is 2. The first-order valence-electron chi connectivity index (χ1n) is 7.10. The van der Waals surface area contributed by atoms with E-state index in [1.807, 2.05) is 18.7 Å². The summed E-state index contributed by atoms with van der Waals surface area (Å²) in [6.07, 6.45) is 2.35. The van der Waals surface area contributed by atoms with Crippen molar-refractivity contribution in [1.29, 1.82) is 0 Å². The number of carbonyl (C=O) groups excluding carboxylic acids is 1. The minimum atomic E-state index is -0.898. The zero-order chi connectivity index (χ0) is 14.5. The number of urea groups is 1. The van der Waals surface area contributed by atoms with Crippen LogP contribution in [0, 0.1) is 5.92 Å². The van der Waals surface area contributed by atoms with Gasteiger partial charge in [0.1, 0.15) is 5.92 Å². The summed E-state index contributed by atoms with van der Waals surface area (Å²) in [5.41, 5.74) is 0. The Morgan fingerprint density at radius 2 is 2.25 bits per heavy atom. The van der Waals surface area contributed by atoms with Crippen LogP contribution in [0.15, 0.2) is 0 Å². The molecule has 2 heterocycles. The van der Waals surface area contributed by atoms with Gasteiger partial charge < -0.3 is 20.1 Å². The van der Waals surface area contributed by atoms with E-state index in [9.17, 15) is 14.7 Å². The van der Waals surface area contributed by atoms with Crippen LogP contribution in [0.1, 0.15) is 19.8 Å². The van der Waals surface area contributed by atoms with E-state index in [4.69, 9.17) is 4.74 Å². The number of likely N-dealkylation sites (N-methyl/N-ethyl adjacent to an activating group) is 1. The lowest BCUT2D eigenvalue weighted by molar-refractivity contribution is -0.142. The number of thioether (sulfide) groups is 1. The number of aliphatic carboxylic acids is 1. The van der Waals surface area contributed by atoms with Crippen LogP contribution in [0.4, 0.5) is 4.79 Å². The highest BCUT2D eigenvalue weighted by molar-refractivity contribution is 8.00. The highest BCUT2D eigenvalue weighted by Crippen LogP contribution is 2.25. The minimum absolute atomic E-state index is 0.179. The molecule has 0 spiro atoms. The molecule has 2 aliphatic heterocycles. The third kappa shape index (κ3) is 3.58. The van der Waals surface area contributed by atoms with E-state index >= 15 is 0 Å². The maximum atomic E-state index is 12.2. The summed E-state index contributed by atoms with van der Waals surface area (Å²) >= 11 is 1.89. The Morgan fingerprint density at radius 1 is 1.45 bits per heavy atom. The van der Waals surface area contributed by atoms with Crippen LogP contribution in [-0.2, 0) is 9.53 Å². The monoisotopic (exact) mass is 302 g/mol. The molecule has 2 saturated heterocycles. The predicted molar refractivity (Wildman–Crippen MR) is 77.0 cm³/mol. The van der Waals surface area contributed by atoms with Crippen molar-refractivity contribution < 1.29 is 19.4 Å². The Morgan fingerprint density at radius 3 is 2.85 bits per heavy atom. The van der Waals surface area contributed by atoms with Gasteiger partial charge in [0, 0.05) is 18.3 Å². The van der Waals surface area contributed by atoms with Crippen molar-refractivity contribution in [1.82, 2.24) is 10.2 Å². The van der Waals surface area contributed by atoms with Gasteiger partial charge in [-0.15, -0.1) is 0 Å². The van der Waals surface area contributed by atoms with Crippen molar-refractivity contribution in [3.63, 3.8) is 0 Å². The molecule has 0 aromatic carbocycles. The second-order valence-electron chi connectivity index (χ2n) is 5.16. The molecule has 6 nitrogen and oxygen atoms in total. The quantitative estimate of drug-likeness (QED) is 0.792. The molecule has 0 radical (unpaired) electrons. The molecule has 7 heteroatoms. The van der Waals surface area contributed by atoms with E-state index in [0.717, 1.165) is 12.2 Å². The molecule has 0 bridgehead atoms. The van der Waals surface area contributed by atoms with Crippen molar-refractivity contribution in [3.8, 4) is 0 Å².